The van der Waals surface area contributed by atoms with E-state index in [1.165, 1.54) is 17.8 Å². The van der Waals surface area contributed by atoms with Gasteiger partial charge in [-0.25, -0.2) is 10.2 Å². The molecule has 0 spiro atoms. The van der Waals surface area contributed by atoms with Crippen molar-refractivity contribution in [2.24, 2.45) is 12.1 Å². The summed E-state index contributed by atoms with van der Waals surface area (Å²) in [4.78, 5) is 30.4. The highest BCUT2D eigenvalue weighted by atomic mass is 16.3. The second-order valence-electron chi connectivity index (χ2n) is 5.29. The average Bonchev–Trinajstić information content (AvgIpc) is 2.93. The van der Waals surface area contributed by atoms with Gasteiger partial charge in [0.05, 0.1) is 6.21 Å². The third-order valence-corrected chi connectivity index (χ3v) is 3.57. The summed E-state index contributed by atoms with van der Waals surface area (Å²) in [5.41, 5.74) is 2.85. The number of allylic oxidation sites excluding steroid dienone is 1. The molecule has 0 radical (unpaired) electrons. The van der Waals surface area contributed by atoms with Crippen molar-refractivity contribution >= 4 is 23.3 Å². The number of nitrogens with one attached hydrogen (secondary N) is 2. The fourth-order valence-electron chi connectivity index (χ4n) is 2.40. The van der Waals surface area contributed by atoms with Gasteiger partial charge in [-0.3, -0.25) is 18.9 Å². The number of phenols is 1. The zero-order valence-electron chi connectivity index (χ0n) is 13.4. The molecule has 2 aromatic heterocycles. The van der Waals surface area contributed by atoms with Crippen LogP contribution in [-0.4, -0.2) is 30.4 Å². The van der Waals surface area contributed by atoms with Gasteiger partial charge >= 0.3 is 5.69 Å². The molecular formula is C16H16N6O3. The van der Waals surface area contributed by atoms with Gasteiger partial charge in [0.15, 0.2) is 11.2 Å². The maximum Gasteiger partial charge on any atom is 0.329 e. The Hall–Kier alpha value is -3.62. The van der Waals surface area contributed by atoms with E-state index in [1.54, 1.807) is 34.9 Å². The van der Waals surface area contributed by atoms with E-state index < -0.39 is 11.2 Å². The number of phenolic OH excluding ortho intramolecular Hbond substituents is 1. The van der Waals surface area contributed by atoms with Gasteiger partial charge in [-0.05, 0) is 17.7 Å². The molecule has 0 unspecified atom stereocenters. The predicted octanol–water partition coefficient (Wildman–Crippen LogP) is 0.761. The maximum absolute atomic E-state index is 12.1. The molecule has 3 aromatic rings. The fourth-order valence-corrected chi connectivity index (χ4v) is 2.40. The molecule has 0 saturated heterocycles. The Morgan fingerprint density at radius 1 is 1.44 bits per heavy atom. The molecule has 3 N–H and O–H groups in total. The number of aromatic nitrogens is 4. The minimum Gasteiger partial charge on any atom is -0.508 e. The second kappa shape index (κ2) is 6.48. The summed E-state index contributed by atoms with van der Waals surface area (Å²) in [6, 6.07) is 6.57. The van der Waals surface area contributed by atoms with Gasteiger partial charge in [-0.15, -0.1) is 6.58 Å². The topological polar surface area (TPSA) is 117 Å². The van der Waals surface area contributed by atoms with Gasteiger partial charge in [-0.1, -0.05) is 18.2 Å². The largest absolute Gasteiger partial charge is 0.508 e. The van der Waals surface area contributed by atoms with Crippen LogP contribution < -0.4 is 16.7 Å². The molecule has 3 rings (SSSR count). The van der Waals surface area contributed by atoms with Gasteiger partial charge in [0.1, 0.15) is 5.75 Å². The Morgan fingerprint density at radius 3 is 2.96 bits per heavy atom. The van der Waals surface area contributed by atoms with Crippen LogP contribution in [0.1, 0.15) is 5.56 Å². The van der Waals surface area contributed by atoms with Crippen molar-refractivity contribution in [3.8, 4) is 5.75 Å². The summed E-state index contributed by atoms with van der Waals surface area (Å²) < 4.78 is 2.82. The van der Waals surface area contributed by atoms with Crippen molar-refractivity contribution in [3.63, 3.8) is 0 Å². The lowest BCUT2D eigenvalue weighted by Gasteiger charge is -2.04. The number of aromatic hydroxyl groups is 1. The third kappa shape index (κ3) is 3.07. The number of nitrogens with zero attached hydrogens (tertiary/aromatic N) is 4. The lowest BCUT2D eigenvalue weighted by molar-refractivity contribution is 0.475. The van der Waals surface area contributed by atoms with E-state index in [0.717, 1.165) is 0 Å². The Morgan fingerprint density at radius 2 is 2.24 bits per heavy atom. The first-order valence-corrected chi connectivity index (χ1v) is 7.40. The summed E-state index contributed by atoms with van der Waals surface area (Å²) >= 11 is 0. The van der Waals surface area contributed by atoms with Crippen molar-refractivity contribution in [1.82, 2.24) is 19.1 Å². The number of hydrazone groups is 1. The van der Waals surface area contributed by atoms with Crippen LogP contribution in [0.3, 0.4) is 0 Å². The lowest BCUT2D eigenvalue weighted by atomic mass is 10.2. The minimum absolute atomic E-state index is 0.129. The highest BCUT2D eigenvalue weighted by Gasteiger charge is 2.16. The van der Waals surface area contributed by atoms with E-state index in [0.29, 0.717) is 12.1 Å². The van der Waals surface area contributed by atoms with E-state index in [-0.39, 0.29) is 22.9 Å². The highest BCUT2D eigenvalue weighted by Crippen LogP contribution is 2.15. The number of H-pyrrole nitrogens is 1. The smallest absolute Gasteiger partial charge is 0.329 e. The molecule has 0 bridgehead atoms. The van der Waals surface area contributed by atoms with Crippen LogP contribution in [0.2, 0.25) is 0 Å². The number of imidazole rings is 1. The molecule has 25 heavy (non-hydrogen) atoms. The van der Waals surface area contributed by atoms with Crippen LogP contribution in [0.15, 0.2) is 51.6 Å². The molecule has 0 fully saturated rings. The monoisotopic (exact) mass is 340 g/mol. The molecule has 2 heterocycles. The number of aromatic amines is 1. The van der Waals surface area contributed by atoms with Crippen molar-refractivity contribution in [3.05, 3.63) is 63.3 Å². The summed E-state index contributed by atoms with van der Waals surface area (Å²) in [5, 5.41) is 13.5. The van der Waals surface area contributed by atoms with Crippen molar-refractivity contribution in [2.45, 2.75) is 6.54 Å². The molecule has 1 aromatic carbocycles. The van der Waals surface area contributed by atoms with Crippen LogP contribution in [-0.2, 0) is 13.6 Å². The number of fused-ring (bicyclic) bond motifs is 1. The number of aryl methyl sites for hydroxylation is 1. The fraction of sp³-hybridized carbons (Fsp3) is 0.125. The van der Waals surface area contributed by atoms with Crippen molar-refractivity contribution < 1.29 is 5.11 Å². The third-order valence-electron chi connectivity index (χ3n) is 3.57. The minimum atomic E-state index is -0.546. The molecule has 0 aliphatic carbocycles. The van der Waals surface area contributed by atoms with E-state index in [2.05, 4.69) is 27.1 Å². The summed E-state index contributed by atoms with van der Waals surface area (Å²) in [7, 11) is 1.52. The Balaban J connectivity index is 2.03. The van der Waals surface area contributed by atoms with Gasteiger partial charge in [0.25, 0.3) is 5.56 Å². The number of rotatable bonds is 5. The number of hydrogen-bond donors (Lipinski definition) is 3. The number of hydrogen-bond acceptors (Lipinski definition) is 6. The summed E-state index contributed by atoms with van der Waals surface area (Å²) in [6.07, 6.45) is 3.11. The van der Waals surface area contributed by atoms with Crippen molar-refractivity contribution in [2.75, 3.05) is 5.43 Å². The van der Waals surface area contributed by atoms with Crippen molar-refractivity contribution in [1.29, 1.82) is 0 Å². The van der Waals surface area contributed by atoms with E-state index in [4.69, 9.17) is 0 Å². The Kier molecular flexibility index (Phi) is 4.21. The molecule has 0 saturated carbocycles. The molecule has 0 atom stereocenters. The SMILES string of the molecule is C=CCn1c(N/N=C/c2cccc(O)c2)nc2c1c(=O)[nH]c(=O)n2C. The molecule has 0 aliphatic rings. The zero-order valence-corrected chi connectivity index (χ0v) is 13.4. The number of anilines is 1. The quantitative estimate of drug-likeness (QED) is 0.360. The normalized spacial score (nSPS) is 11.2. The van der Waals surface area contributed by atoms with E-state index in [9.17, 15) is 14.7 Å². The molecule has 0 aliphatic heterocycles. The van der Waals surface area contributed by atoms with Gasteiger partial charge in [-0.2, -0.15) is 10.1 Å². The molecular weight excluding hydrogens is 324 g/mol. The predicted molar refractivity (Wildman–Crippen MR) is 95.1 cm³/mol. The van der Waals surface area contributed by atoms with Gasteiger partial charge < -0.3 is 5.11 Å². The maximum atomic E-state index is 12.1. The summed E-state index contributed by atoms with van der Waals surface area (Å²) in [6.45, 7) is 3.97. The van der Waals surface area contributed by atoms with E-state index in [1.807, 2.05) is 0 Å². The lowest BCUT2D eigenvalue weighted by Crippen LogP contribution is -2.29. The molecule has 0 amide bonds. The molecule has 9 nitrogen and oxygen atoms in total. The first kappa shape index (κ1) is 16.2. The zero-order chi connectivity index (χ0) is 18.0. The standard InChI is InChI=1S/C16H16N6O3/c1-3-7-22-12-13(21(2)16(25)19-14(12)24)18-15(22)20-17-9-10-5-4-6-11(23)8-10/h3-6,8-9,23H,1,7H2,2H3,(H,18,20)(H,19,24,25)/b17-9+. The van der Waals surface area contributed by atoms with Crippen LogP contribution >= 0.6 is 0 Å². The number of benzene rings is 1. The molecule has 128 valence electrons. The Bertz CT molecular complexity index is 1090. The average molecular weight is 340 g/mol. The van der Waals surface area contributed by atoms with Crippen LogP contribution in [0, 0.1) is 0 Å². The summed E-state index contributed by atoms with van der Waals surface area (Å²) in [5.74, 6) is 0.419. The van der Waals surface area contributed by atoms with Crippen LogP contribution in [0.5, 0.6) is 5.75 Å². The van der Waals surface area contributed by atoms with Gasteiger partial charge in [0.2, 0.25) is 5.95 Å². The van der Waals surface area contributed by atoms with Gasteiger partial charge in [0, 0.05) is 13.6 Å². The van der Waals surface area contributed by atoms with Crippen LogP contribution in [0.25, 0.3) is 11.2 Å². The Labute approximate surface area is 141 Å². The van der Waals surface area contributed by atoms with Crippen LogP contribution in [0.4, 0.5) is 5.95 Å². The second-order valence-corrected chi connectivity index (χ2v) is 5.29. The first-order valence-electron chi connectivity index (χ1n) is 7.40. The van der Waals surface area contributed by atoms with E-state index >= 15 is 0 Å². The first-order chi connectivity index (χ1) is 12.0. The highest BCUT2D eigenvalue weighted by molar-refractivity contribution is 5.81. The molecule has 9 heteroatoms.